The summed E-state index contributed by atoms with van der Waals surface area (Å²) in [5.74, 6) is 0.975. The molecule has 4 rings (SSSR count). The van der Waals surface area contributed by atoms with E-state index < -0.39 is 0 Å². The molecule has 0 amide bonds. The molecule has 1 fully saturated rings. The van der Waals surface area contributed by atoms with Crippen molar-refractivity contribution in [3.05, 3.63) is 64.7 Å². The Balaban J connectivity index is 1.44. The molecule has 0 bridgehead atoms. The number of hydrogen-bond acceptors (Lipinski definition) is 5. The van der Waals surface area contributed by atoms with Crippen LogP contribution < -0.4 is 16.0 Å². The molecule has 150 valence electrons. The molecular weight excluding hydrogens is 382 g/mol. The van der Waals surface area contributed by atoms with Gasteiger partial charge in [0.05, 0.1) is 5.69 Å². The molecule has 1 saturated heterocycles. The maximum atomic E-state index is 6.26. The monoisotopic (exact) mass is 407 g/mol. The summed E-state index contributed by atoms with van der Waals surface area (Å²) >= 11 is 6.26. The van der Waals surface area contributed by atoms with Crippen molar-refractivity contribution < 1.29 is 0 Å². The van der Waals surface area contributed by atoms with Gasteiger partial charge >= 0.3 is 0 Å². The molecule has 0 atom stereocenters. The summed E-state index contributed by atoms with van der Waals surface area (Å²) in [7, 11) is 0. The van der Waals surface area contributed by atoms with Crippen LogP contribution in [0.5, 0.6) is 0 Å². The third-order valence-electron chi connectivity index (χ3n) is 5.39. The average Bonchev–Trinajstić information content (AvgIpc) is 3.25. The molecular formula is C23H26ClN5. The van der Waals surface area contributed by atoms with Crippen molar-refractivity contribution in [3.63, 3.8) is 0 Å². The standard InChI is InChI=1S/C23H26ClN5/c1-16-19(8-5-9-20(16)24)21-15-22(28-23(25)27-21)26-11-10-17-6-4-7-18(14-17)29-12-2-3-13-29/h4-9,14-15H,2-3,10-13H2,1H3,(H3,25,26,27,28). The minimum atomic E-state index is 0.250. The second kappa shape index (κ2) is 8.70. The zero-order valence-corrected chi connectivity index (χ0v) is 17.4. The van der Waals surface area contributed by atoms with Gasteiger partial charge in [-0.05, 0) is 55.5 Å². The molecule has 0 radical (unpaired) electrons. The summed E-state index contributed by atoms with van der Waals surface area (Å²) < 4.78 is 0. The first-order valence-corrected chi connectivity index (χ1v) is 10.5. The Hall–Kier alpha value is -2.79. The van der Waals surface area contributed by atoms with Gasteiger partial charge in [0.1, 0.15) is 5.82 Å². The number of aromatic nitrogens is 2. The van der Waals surface area contributed by atoms with Gasteiger partial charge in [-0.1, -0.05) is 35.9 Å². The maximum Gasteiger partial charge on any atom is 0.222 e. The van der Waals surface area contributed by atoms with Crippen LogP contribution in [-0.2, 0) is 6.42 Å². The van der Waals surface area contributed by atoms with E-state index in [9.17, 15) is 0 Å². The van der Waals surface area contributed by atoms with Crippen LogP contribution in [-0.4, -0.2) is 29.6 Å². The minimum absolute atomic E-state index is 0.250. The van der Waals surface area contributed by atoms with Crippen molar-refractivity contribution in [2.75, 3.05) is 35.6 Å². The fourth-order valence-electron chi connectivity index (χ4n) is 3.80. The summed E-state index contributed by atoms with van der Waals surface area (Å²) in [6.07, 6.45) is 3.49. The molecule has 2 aromatic carbocycles. The normalized spacial score (nSPS) is 13.7. The molecule has 1 aliphatic heterocycles. The number of nitrogens with two attached hydrogens (primary N) is 1. The second-order valence-electron chi connectivity index (χ2n) is 7.45. The lowest BCUT2D eigenvalue weighted by atomic mass is 10.1. The first-order valence-electron chi connectivity index (χ1n) is 10.1. The molecule has 3 aromatic rings. The van der Waals surface area contributed by atoms with Gasteiger partial charge in [-0.15, -0.1) is 0 Å². The third kappa shape index (κ3) is 4.62. The lowest BCUT2D eigenvalue weighted by Crippen LogP contribution is -2.17. The summed E-state index contributed by atoms with van der Waals surface area (Å²) in [4.78, 5) is 11.2. The van der Waals surface area contributed by atoms with E-state index in [2.05, 4.69) is 44.5 Å². The van der Waals surface area contributed by atoms with Gasteiger partial charge in [-0.2, -0.15) is 4.98 Å². The number of anilines is 3. The summed E-state index contributed by atoms with van der Waals surface area (Å²) in [6, 6.07) is 16.5. The lowest BCUT2D eigenvalue weighted by molar-refractivity contribution is 0.949. The first-order chi connectivity index (χ1) is 14.1. The van der Waals surface area contributed by atoms with Crippen molar-refractivity contribution in [1.82, 2.24) is 9.97 Å². The molecule has 3 N–H and O–H groups in total. The van der Waals surface area contributed by atoms with Gasteiger partial charge < -0.3 is 16.0 Å². The van der Waals surface area contributed by atoms with Crippen molar-refractivity contribution >= 4 is 29.1 Å². The molecule has 0 aliphatic carbocycles. The number of hydrogen-bond donors (Lipinski definition) is 2. The molecule has 0 spiro atoms. The van der Waals surface area contributed by atoms with Gasteiger partial charge in [0.15, 0.2) is 0 Å². The molecule has 5 nitrogen and oxygen atoms in total. The molecule has 0 unspecified atom stereocenters. The van der Waals surface area contributed by atoms with Crippen LogP contribution in [0.3, 0.4) is 0 Å². The van der Waals surface area contributed by atoms with Gasteiger partial charge in [0.2, 0.25) is 5.95 Å². The summed E-state index contributed by atoms with van der Waals surface area (Å²) in [5.41, 5.74) is 11.3. The zero-order valence-electron chi connectivity index (χ0n) is 16.7. The molecule has 6 heteroatoms. The third-order valence-corrected chi connectivity index (χ3v) is 5.80. The zero-order chi connectivity index (χ0) is 20.2. The Labute approximate surface area is 176 Å². The molecule has 29 heavy (non-hydrogen) atoms. The van der Waals surface area contributed by atoms with E-state index in [0.717, 1.165) is 48.7 Å². The van der Waals surface area contributed by atoms with E-state index in [4.69, 9.17) is 17.3 Å². The molecule has 0 saturated carbocycles. The SMILES string of the molecule is Cc1c(Cl)cccc1-c1cc(NCCc2cccc(N3CCCC3)c2)nc(N)n1. The predicted octanol–water partition coefficient (Wildman–Crippen LogP) is 4.94. The smallest absolute Gasteiger partial charge is 0.222 e. The number of nitrogens with zero attached hydrogens (tertiary/aromatic N) is 3. The number of benzene rings is 2. The van der Waals surface area contributed by atoms with Crippen LogP contribution in [0.1, 0.15) is 24.0 Å². The Morgan fingerprint density at radius 1 is 1.07 bits per heavy atom. The van der Waals surface area contributed by atoms with Gasteiger partial charge in [0.25, 0.3) is 0 Å². The fourth-order valence-corrected chi connectivity index (χ4v) is 3.97. The second-order valence-corrected chi connectivity index (χ2v) is 7.86. The van der Waals surface area contributed by atoms with Crippen molar-refractivity contribution in [1.29, 1.82) is 0 Å². The van der Waals surface area contributed by atoms with Crippen LogP contribution in [0, 0.1) is 6.92 Å². The van der Waals surface area contributed by atoms with E-state index in [1.165, 1.54) is 24.1 Å². The number of nitrogen functional groups attached to an aromatic ring is 1. The highest BCUT2D eigenvalue weighted by molar-refractivity contribution is 6.31. The van der Waals surface area contributed by atoms with E-state index in [-0.39, 0.29) is 5.95 Å². The number of rotatable bonds is 6. The van der Waals surface area contributed by atoms with Crippen LogP contribution in [0.15, 0.2) is 48.5 Å². The van der Waals surface area contributed by atoms with Gasteiger partial charge in [0, 0.05) is 42.0 Å². The fraction of sp³-hybridized carbons (Fsp3) is 0.304. The maximum absolute atomic E-state index is 6.26. The minimum Gasteiger partial charge on any atom is -0.372 e. The lowest BCUT2D eigenvalue weighted by Gasteiger charge is -2.18. The number of halogens is 1. The average molecular weight is 408 g/mol. The Morgan fingerprint density at radius 3 is 2.69 bits per heavy atom. The number of nitrogens with one attached hydrogen (secondary N) is 1. The van der Waals surface area contributed by atoms with Crippen LogP contribution in [0.25, 0.3) is 11.3 Å². The Morgan fingerprint density at radius 2 is 1.86 bits per heavy atom. The van der Waals surface area contributed by atoms with E-state index in [1.807, 2.05) is 31.2 Å². The van der Waals surface area contributed by atoms with Crippen LogP contribution in [0.2, 0.25) is 5.02 Å². The topological polar surface area (TPSA) is 67.1 Å². The van der Waals surface area contributed by atoms with Crippen LogP contribution in [0.4, 0.5) is 17.5 Å². The summed E-state index contributed by atoms with van der Waals surface area (Å²) in [5, 5.41) is 4.10. The molecule has 2 heterocycles. The molecule has 1 aromatic heterocycles. The van der Waals surface area contributed by atoms with E-state index in [0.29, 0.717) is 5.02 Å². The van der Waals surface area contributed by atoms with Gasteiger partial charge in [-0.25, -0.2) is 4.98 Å². The van der Waals surface area contributed by atoms with Crippen molar-refractivity contribution in [2.45, 2.75) is 26.2 Å². The van der Waals surface area contributed by atoms with E-state index >= 15 is 0 Å². The highest BCUT2D eigenvalue weighted by Gasteiger charge is 2.12. The Kier molecular flexibility index (Phi) is 5.86. The highest BCUT2D eigenvalue weighted by Crippen LogP contribution is 2.28. The largest absolute Gasteiger partial charge is 0.372 e. The first kappa shape index (κ1) is 19.5. The predicted molar refractivity (Wildman–Crippen MR) is 122 cm³/mol. The Bertz CT molecular complexity index is 998. The van der Waals surface area contributed by atoms with Gasteiger partial charge in [-0.3, -0.25) is 0 Å². The molecule has 1 aliphatic rings. The summed E-state index contributed by atoms with van der Waals surface area (Å²) in [6.45, 7) is 5.07. The van der Waals surface area contributed by atoms with E-state index in [1.54, 1.807) is 0 Å². The van der Waals surface area contributed by atoms with Crippen LogP contribution >= 0.6 is 11.6 Å². The van der Waals surface area contributed by atoms with Crippen molar-refractivity contribution in [2.24, 2.45) is 0 Å². The quantitative estimate of drug-likeness (QED) is 0.605. The highest BCUT2D eigenvalue weighted by atomic mass is 35.5. The van der Waals surface area contributed by atoms with Crippen molar-refractivity contribution in [3.8, 4) is 11.3 Å².